The molecule has 0 unspecified atom stereocenters. The highest BCUT2D eigenvalue weighted by molar-refractivity contribution is 5.66. The highest BCUT2D eigenvalue weighted by atomic mass is 19.1. The van der Waals surface area contributed by atoms with Crippen LogP contribution in [0, 0.1) is 25.1 Å². The normalized spacial score (nSPS) is 15.0. The van der Waals surface area contributed by atoms with E-state index in [0.29, 0.717) is 12.1 Å². The summed E-state index contributed by atoms with van der Waals surface area (Å²) in [4.78, 5) is 2.40. The van der Waals surface area contributed by atoms with Crippen molar-refractivity contribution >= 4 is 5.69 Å². The summed E-state index contributed by atoms with van der Waals surface area (Å²) < 4.78 is 13.6. The molecule has 1 fully saturated rings. The van der Waals surface area contributed by atoms with Crippen LogP contribution in [-0.2, 0) is 5.54 Å². The summed E-state index contributed by atoms with van der Waals surface area (Å²) in [6.07, 6.45) is 7.61. The average molecular weight is 454 g/mol. The minimum atomic E-state index is -0.198. The fraction of sp³-hybridized carbons (Fsp3) is 0.267. The Kier molecular flexibility index (Phi) is 7.17. The molecular weight excluding hydrogens is 421 g/mol. The minimum absolute atomic E-state index is 0.0895. The lowest BCUT2D eigenvalue weighted by molar-refractivity contribution is 0.0894. The van der Waals surface area contributed by atoms with Crippen LogP contribution >= 0.6 is 0 Å². The number of terminal acetylenes is 1. The zero-order valence-corrected chi connectivity index (χ0v) is 20.0. The van der Waals surface area contributed by atoms with E-state index in [1.54, 1.807) is 13.0 Å². The number of halogens is 1. The van der Waals surface area contributed by atoms with Crippen molar-refractivity contribution in [1.29, 1.82) is 0 Å². The Labute approximate surface area is 202 Å². The molecule has 3 nitrogen and oxygen atoms in total. The quantitative estimate of drug-likeness (QED) is 0.435. The van der Waals surface area contributed by atoms with Crippen LogP contribution < -0.4 is 10.6 Å². The molecule has 0 saturated carbocycles. The number of rotatable bonds is 7. The Morgan fingerprint density at radius 3 is 2.50 bits per heavy atom. The third-order valence-corrected chi connectivity index (χ3v) is 6.85. The molecule has 4 heteroatoms. The van der Waals surface area contributed by atoms with Crippen molar-refractivity contribution in [2.24, 2.45) is 0 Å². The summed E-state index contributed by atoms with van der Waals surface area (Å²) in [7, 11) is 2.17. The molecular formula is C30H32FN3. The zero-order chi connectivity index (χ0) is 24.1. The number of aryl methyl sites for hydroxylation is 1. The van der Waals surface area contributed by atoms with Gasteiger partial charge in [0.05, 0.1) is 0 Å². The van der Waals surface area contributed by atoms with Crippen molar-refractivity contribution in [2.75, 3.05) is 32.0 Å². The molecule has 3 aromatic carbocycles. The third-order valence-electron chi connectivity index (χ3n) is 6.85. The SMILES string of the molecule is C#Cc1cccc(-c2ccc(C3(N(C)CC(=C)Nc4ccc(F)c(C)c4)CCNCC3)cc2)c1. The maximum absolute atomic E-state index is 13.6. The van der Waals surface area contributed by atoms with Crippen LogP contribution in [0.3, 0.4) is 0 Å². The van der Waals surface area contributed by atoms with Crippen LogP contribution in [0.15, 0.2) is 79.0 Å². The molecule has 1 aliphatic rings. The highest BCUT2D eigenvalue weighted by Gasteiger charge is 2.37. The summed E-state index contributed by atoms with van der Waals surface area (Å²) >= 11 is 0. The lowest BCUT2D eigenvalue weighted by Crippen LogP contribution is -2.51. The van der Waals surface area contributed by atoms with Crippen molar-refractivity contribution in [3.8, 4) is 23.5 Å². The molecule has 0 amide bonds. The van der Waals surface area contributed by atoms with Crippen molar-refractivity contribution in [3.05, 3.63) is 102 Å². The van der Waals surface area contributed by atoms with Crippen molar-refractivity contribution in [2.45, 2.75) is 25.3 Å². The van der Waals surface area contributed by atoms with Gasteiger partial charge < -0.3 is 10.6 Å². The molecule has 174 valence electrons. The van der Waals surface area contributed by atoms with Gasteiger partial charge in [-0.2, -0.15) is 0 Å². The van der Waals surface area contributed by atoms with Gasteiger partial charge in [-0.15, -0.1) is 6.42 Å². The summed E-state index contributed by atoms with van der Waals surface area (Å²) in [6, 6.07) is 22.0. The van der Waals surface area contributed by atoms with E-state index in [1.807, 2.05) is 24.3 Å². The molecule has 1 heterocycles. The highest BCUT2D eigenvalue weighted by Crippen LogP contribution is 2.37. The van der Waals surface area contributed by atoms with Crippen LogP contribution in [0.2, 0.25) is 0 Å². The first-order chi connectivity index (χ1) is 16.4. The van der Waals surface area contributed by atoms with E-state index in [1.165, 1.54) is 11.6 Å². The molecule has 0 aromatic heterocycles. The smallest absolute Gasteiger partial charge is 0.126 e. The second kappa shape index (κ2) is 10.3. The lowest BCUT2D eigenvalue weighted by Gasteiger charge is -2.46. The van der Waals surface area contributed by atoms with Crippen molar-refractivity contribution in [1.82, 2.24) is 10.2 Å². The van der Waals surface area contributed by atoms with E-state index in [0.717, 1.165) is 54.0 Å². The van der Waals surface area contributed by atoms with E-state index in [2.05, 4.69) is 65.4 Å². The minimum Gasteiger partial charge on any atom is -0.358 e. The molecule has 1 aliphatic heterocycles. The number of hydrogen-bond acceptors (Lipinski definition) is 3. The number of nitrogens with one attached hydrogen (secondary N) is 2. The monoisotopic (exact) mass is 453 g/mol. The van der Waals surface area contributed by atoms with E-state index >= 15 is 0 Å². The first kappa shape index (κ1) is 23.8. The fourth-order valence-corrected chi connectivity index (χ4v) is 4.90. The van der Waals surface area contributed by atoms with Gasteiger partial charge in [0, 0.05) is 29.0 Å². The maximum atomic E-state index is 13.6. The molecule has 3 aromatic rings. The number of hydrogen-bond donors (Lipinski definition) is 2. The molecule has 0 atom stereocenters. The third kappa shape index (κ3) is 5.07. The topological polar surface area (TPSA) is 27.3 Å². The Balaban J connectivity index is 1.54. The largest absolute Gasteiger partial charge is 0.358 e. The molecule has 0 radical (unpaired) electrons. The van der Waals surface area contributed by atoms with Gasteiger partial charge in [-0.25, -0.2) is 4.39 Å². The van der Waals surface area contributed by atoms with Crippen LogP contribution in [0.5, 0.6) is 0 Å². The van der Waals surface area contributed by atoms with Gasteiger partial charge in [-0.1, -0.05) is 48.9 Å². The molecule has 0 spiro atoms. The van der Waals surface area contributed by atoms with Gasteiger partial charge in [0.15, 0.2) is 0 Å². The van der Waals surface area contributed by atoms with E-state index < -0.39 is 0 Å². The van der Waals surface area contributed by atoms with Gasteiger partial charge in [0.2, 0.25) is 0 Å². The maximum Gasteiger partial charge on any atom is 0.126 e. The first-order valence-corrected chi connectivity index (χ1v) is 11.7. The number of benzene rings is 3. The predicted octanol–water partition coefficient (Wildman–Crippen LogP) is 5.92. The van der Waals surface area contributed by atoms with Gasteiger partial charge in [-0.05, 0) is 92.5 Å². The number of anilines is 1. The second-order valence-electron chi connectivity index (χ2n) is 9.13. The summed E-state index contributed by atoms with van der Waals surface area (Å²) in [6.45, 7) is 8.64. The predicted molar refractivity (Wildman–Crippen MR) is 140 cm³/mol. The molecule has 0 bridgehead atoms. The van der Waals surface area contributed by atoms with Gasteiger partial charge in [0.1, 0.15) is 5.82 Å². The molecule has 0 aliphatic carbocycles. The summed E-state index contributed by atoms with van der Waals surface area (Å²) in [5.41, 5.74) is 6.75. The van der Waals surface area contributed by atoms with Crippen LogP contribution in [0.1, 0.15) is 29.5 Å². The van der Waals surface area contributed by atoms with Crippen molar-refractivity contribution in [3.63, 3.8) is 0 Å². The zero-order valence-electron chi connectivity index (χ0n) is 20.0. The van der Waals surface area contributed by atoms with Crippen molar-refractivity contribution < 1.29 is 4.39 Å². The molecule has 4 rings (SSSR count). The molecule has 1 saturated heterocycles. The Hall–Kier alpha value is -3.39. The van der Waals surface area contributed by atoms with Crippen LogP contribution in [0.25, 0.3) is 11.1 Å². The number of nitrogens with zero attached hydrogens (tertiary/aromatic N) is 1. The average Bonchev–Trinajstić information content (AvgIpc) is 2.86. The number of likely N-dealkylation sites (N-methyl/N-ethyl adjacent to an activating group) is 1. The lowest BCUT2D eigenvalue weighted by atomic mass is 9.79. The Bertz CT molecular complexity index is 1200. The fourth-order valence-electron chi connectivity index (χ4n) is 4.90. The van der Waals surface area contributed by atoms with Crippen LogP contribution in [-0.4, -0.2) is 31.6 Å². The Morgan fingerprint density at radius 1 is 1.09 bits per heavy atom. The number of piperidine rings is 1. The van der Waals surface area contributed by atoms with E-state index in [4.69, 9.17) is 6.42 Å². The van der Waals surface area contributed by atoms with E-state index in [9.17, 15) is 4.39 Å². The van der Waals surface area contributed by atoms with E-state index in [-0.39, 0.29) is 11.4 Å². The molecule has 34 heavy (non-hydrogen) atoms. The summed E-state index contributed by atoms with van der Waals surface area (Å²) in [5, 5.41) is 6.86. The molecule has 2 N–H and O–H groups in total. The van der Waals surface area contributed by atoms with Crippen LogP contribution in [0.4, 0.5) is 10.1 Å². The Morgan fingerprint density at radius 2 is 1.82 bits per heavy atom. The summed E-state index contributed by atoms with van der Waals surface area (Å²) in [5.74, 6) is 2.52. The van der Waals surface area contributed by atoms with Gasteiger partial charge >= 0.3 is 0 Å². The standard InChI is InChI=1S/C30H32FN3/c1-5-24-7-6-8-26(20-24)25-9-11-27(12-10-25)30(15-17-32-18-16-30)34(4)21-23(3)33-28-13-14-29(31)22(2)19-28/h1,6-14,19-20,32-33H,3,15-18,21H2,2,4H3. The first-order valence-electron chi connectivity index (χ1n) is 11.7. The van der Waals surface area contributed by atoms with Gasteiger partial charge in [0.25, 0.3) is 0 Å². The van der Waals surface area contributed by atoms with Gasteiger partial charge in [-0.3, -0.25) is 4.90 Å². The second-order valence-corrected chi connectivity index (χ2v) is 9.13.